The van der Waals surface area contributed by atoms with Crippen LogP contribution in [0.1, 0.15) is 22.3 Å². The summed E-state index contributed by atoms with van der Waals surface area (Å²) in [5.41, 5.74) is 13.3. The standard InChI is InChI=1S/C44H36N2O/c1-29-13-11-17-33(25-29)45(39-21-9-5-15-31(39)3)35-23-24-38-42(27-35)47-43-28-41(36-19-7-8-20-37(36)44(38)43)46(34-18-12-14-30(2)26-34)40-22-10-6-16-32(40)4/h5-28H,1-4H3. The third kappa shape index (κ3) is 5.01. The molecule has 0 fully saturated rings. The minimum Gasteiger partial charge on any atom is -0.456 e. The van der Waals surface area contributed by atoms with Crippen LogP contribution in [-0.2, 0) is 0 Å². The van der Waals surface area contributed by atoms with Crippen LogP contribution in [0, 0.1) is 27.7 Å². The van der Waals surface area contributed by atoms with Gasteiger partial charge in [0.1, 0.15) is 11.2 Å². The smallest absolute Gasteiger partial charge is 0.138 e. The lowest BCUT2D eigenvalue weighted by Gasteiger charge is -2.28. The first-order valence-electron chi connectivity index (χ1n) is 16.2. The number of rotatable bonds is 6. The SMILES string of the molecule is Cc1cccc(N(c2ccc3c(c2)oc2cc(N(c4cccc(C)c4)c4ccccc4C)c4ccccc4c23)c2ccccc2C)c1. The molecule has 0 aliphatic carbocycles. The maximum Gasteiger partial charge on any atom is 0.138 e. The minimum atomic E-state index is 0.865. The molecule has 0 spiro atoms. The first kappa shape index (κ1) is 28.7. The molecule has 0 atom stereocenters. The maximum atomic E-state index is 6.84. The minimum absolute atomic E-state index is 0.865. The molecule has 3 nitrogen and oxygen atoms in total. The first-order chi connectivity index (χ1) is 23.0. The molecule has 0 radical (unpaired) electrons. The lowest BCUT2D eigenvalue weighted by Crippen LogP contribution is -2.12. The second-order valence-electron chi connectivity index (χ2n) is 12.5. The molecule has 1 heterocycles. The van der Waals surface area contributed by atoms with Crippen LogP contribution in [0.2, 0.25) is 0 Å². The van der Waals surface area contributed by atoms with E-state index in [9.17, 15) is 0 Å². The third-order valence-electron chi connectivity index (χ3n) is 9.17. The summed E-state index contributed by atoms with van der Waals surface area (Å²) in [6, 6.07) is 52.1. The van der Waals surface area contributed by atoms with Gasteiger partial charge >= 0.3 is 0 Å². The highest BCUT2D eigenvalue weighted by Gasteiger charge is 2.22. The van der Waals surface area contributed by atoms with Crippen LogP contribution >= 0.6 is 0 Å². The molecule has 0 aliphatic heterocycles. The fraction of sp³-hybridized carbons (Fsp3) is 0.0909. The molecule has 7 aromatic carbocycles. The molecule has 0 saturated heterocycles. The summed E-state index contributed by atoms with van der Waals surface area (Å²) in [5, 5.41) is 4.60. The Hall–Kier alpha value is -5.80. The van der Waals surface area contributed by atoms with E-state index in [1.54, 1.807) is 0 Å². The van der Waals surface area contributed by atoms with Crippen LogP contribution < -0.4 is 9.80 Å². The second kappa shape index (κ2) is 11.5. The van der Waals surface area contributed by atoms with Gasteiger partial charge in [-0.15, -0.1) is 0 Å². The molecular weight excluding hydrogens is 572 g/mol. The predicted molar refractivity (Wildman–Crippen MR) is 200 cm³/mol. The number of anilines is 6. The topological polar surface area (TPSA) is 19.6 Å². The van der Waals surface area contributed by atoms with Crippen LogP contribution in [0.25, 0.3) is 32.7 Å². The lowest BCUT2D eigenvalue weighted by atomic mass is 10.00. The van der Waals surface area contributed by atoms with Gasteiger partial charge in [-0.3, -0.25) is 0 Å². The second-order valence-corrected chi connectivity index (χ2v) is 12.5. The number of aryl methyl sites for hydroxylation is 4. The van der Waals surface area contributed by atoms with E-state index < -0.39 is 0 Å². The largest absolute Gasteiger partial charge is 0.456 e. The Kier molecular flexibility index (Phi) is 7.03. The summed E-state index contributed by atoms with van der Waals surface area (Å²) in [6.45, 7) is 8.63. The molecule has 0 aliphatic rings. The Bertz CT molecular complexity index is 2440. The van der Waals surface area contributed by atoms with Gasteiger partial charge in [0.15, 0.2) is 0 Å². The van der Waals surface area contributed by atoms with E-state index >= 15 is 0 Å². The van der Waals surface area contributed by atoms with E-state index in [0.717, 1.165) is 56.1 Å². The van der Waals surface area contributed by atoms with Gasteiger partial charge in [0.05, 0.1) is 5.69 Å². The Morgan fingerprint density at radius 2 is 0.936 bits per heavy atom. The van der Waals surface area contributed by atoms with Crippen molar-refractivity contribution in [2.45, 2.75) is 27.7 Å². The first-order valence-corrected chi connectivity index (χ1v) is 16.2. The van der Waals surface area contributed by atoms with E-state index in [2.05, 4.69) is 183 Å². The Balaban J connectivity index is 1.38. The molecule has 0 unspecified atom stereocenters. The van der Waals surface area contributed by atoms with Crippen molar-refractivity contribution in [3.05, 3.63) is 168 Å². The highest BCUT2D eigenvalue weighted by atomic mass is 16.3. The van der Waals surface area contributed by atoms with E-state index in [1.165, 1.54) is 33.0 Å². The molecule has 0 bridgehead atoms. The molecule has 8 rings (SSSR count). The van der Waals surface area contributed by atoms with Crippen molar-refractivity contribution < 1.29 is 4.42 Å². The fourth-order valence-electron chi connectivity index (χ4n) is 6.93. The van der Waals surface area contributed by atoms with Crippen LogP contribution in [0.4, 0.5) is 34.1 Å². The van der Waals surface area contributed by atoms with Gasteiger partial charge in [0.25, 0.3) is 0 Å². The van der Waals surface area contributed by atoms with Crippen LogP contribution in [0.5, 0.6) is 0 Å². The van der Waals surface area contributed by atoms with E-state index in [0.29, 0.717) is 0 Å². The van der Waals surface area contributed by atoms with Gasteiger partial charge in [-0.2, -0.15) is 0 Å². The molecule has 3 heteroatoms. The monoisotopic (exact) mass is 608 g/mol. The number of nitrogens with zero attached hydrogens (tertiary/aromatic N) is 2. The summed E-state index contributed by atoms with van der Waals surface area (Å²) in [7, 11) is 0. The van der Waals surface area contributed by atoms with Crippen molar-refractivity contribution in [2.75, 3.05) is 9.80 Å². The molecule has 0 amide bonds. The van der Waals surface area contributed by atoms with Gasteiger partial charge in [0, 0.05) is 56.7 Å². The van der Waals surface area contributed by atoms with Gasteiger partial charge in [0.2, 0.25) is 0 Å². The van der Waals surface area contributed by atoms with Gasteiger partial charge in [-0.1, -0.05) is 84.9 Å². The van der Waals surface area contributed by atoms with Crippen LogP contribution in [0.3, 0.4) is 0 Å². The fourth-order valence-corrected chi connectivity index (χ4v) is 6.93. The third-order valence-corrected chi connectivity index (χ3v) is 9.17. The van der Waals surface area contributed by atoms with Crippen LogP contribution in [-0.4, -0.2) is 0 Å². The number of furan rings is 1. The van der Waals surface area contributed by atoms with Gasteiger partial charge < -0.3 is 14.2 Å². The van der Waals surface area contributed by atoms with E-state index in [-0.39, 0.29) is 0 Å². The zero-order valence-electron chi connectivity index (χ0n) is 27.2. The van der Waals surface area contributed by atoms with Gasteiger partial charge in [-0.05, 0) is 104 Å². The average Bonchev–Trinajstić information content (AvgIpc) is 3.45. The highest BCUT2D eigenvalue weighted by molar-refractivity contribution is 6.22. The molecule has 8 aromatic rings. The Labute approximate surface area is 275 Å². The van der Waals surface area contributed by atoms with Crippen molar-refractivity contribution >= 4 is 66.8 Å². The Morgan fingerprint density at radius 1 is 0.383 bits per heavy atom. The molecule has 0 N–H and O–H groups in total. The zero-order valence-corrected chi connectivity index (χ0v) is 27.2. The number of benzene rings is 7. The normalized spacial score (nSPS) is 11.4. The van der Waals surface area contributed by atoms with E-state index in [4.69, 9.17) is 4.42 Å². The van der Waals surface area contributed by atoms with Crippen molar-refractivity contribution in [3.63, 3.8) is 0 Å². The van der Waals surface area contributed by atoms with Crippen molar-refractivity contribution in [1.82, 2.24) is 0 Å². The highest BCUT2D eigenvalue weighted by Crippen LogP contribution is 2.46. The average molecular weight is 609 g/mol. The molecule has 47 heavy (non-hydrogen) atoms. The van der Waals surface area contributed by atoms with Crippen molar-refractivity contribution in [1.29, 1.82) is 0 Å². The number of hydrogen-bond acceptors (Lipinski definition) is 3. The quantitative estimate of drug-likeness (QED) is 0.187. The maximum absolute atomic E-state index is 6.84. The predicted octanol–water partition coefficient (Wildman–Crippen LogP) is 12.9. The van der Waals surface area contributed by atoms with E-state index in [1.807, 2.05) is 0 Å². The summed E-state index contributed by atoms with van der Waals surface area (Å²) < 4.78 is 6.84. The zero-order chi connectivity index (χ0) is 32.1. The Morgan fingerprint density at radius 3 is 1.57 bits per heavy atom. The van der Waals surface area contributed by atoms with Gasteiger partial charge in [-0.25, -0.2) is 0 Å². The van der Waals surface area contributed by atoms with Crippen molar-refractivity contribution in [2.24, 2.45) is 0 Å². The number of para-hydroxylation sites is 2. The summed E-state index contributed by atoms with van der Waals surface area (Å²) >= 11 is 0. The molecule has 1 aromatic heterocycles. The molecule has 228 valence electrons. The van der Waals surface area contributed by atoms with Crippen LogP contribution in [0.15, 0.2) is 150 Å². The number of fused-ring (bicyclic) bond motifs is 5. The summed E-state index contributed by atoms with van der Waals surface area (Å²) in [6.07, 6.45) is 0. The number of hydrogen-bond donors (Lipinski definition) is 0. The van der Waals surface area contributed by atoms with Crippen molar-refractivity contribution in [3.8, 4) is 0 Å². The lowest BCUT2D eigenvalue weighted by molar-refractivity contribution is 0.669. The summed E-state index contributed by atoms with van der Waals surface area (Å²) in [4.78, 5) is 4.70. The molecular formula is C44H36N2O. The molecule has 0 saturated carbocycles. The summed E-state index contributed by atoms with van der Waals surface area (Å²) in [5.74, 6) is 0.